The molecule has 0 radical (unpaired) electrons. The fourth-order valence-corrected chi connectivity index (χ4v) is 2.06. The number of carboxylic acid groups (broad SMARTS) is 1. The van der Waals surface area contributed by atoms with Gasteiger partial charge in [-0.05, 0) is 6.92 Å². The van der Waals surface area contributed by atoms with Crippen molar-refractivity contribution in [1.29, 1.82) is 0 Å². The van der Waals surface area contributed by atoms with E-state index in [-0.39, 0.29) is 18.1 Å². The van der Waals surface area contributed by atoms with Crippen LogP contribution in [0.1, 0.15) is 22.4 Å². The highest BCUT2D eigenvalue weighted by Gasteiger charge is 2.09. The summed E-state index contributed by atoms with van der Waals surface area (Å²) in [4.78, 5) is 36.9. The lowest BCUT2D eigenvalue weighted by atomic mass is 10.4. The Morgan fingerprint density at radius 1 is 1.30 bits per heavy atom. The van der Waals surface area contributed by atoms with Gasteiger partial charge in [0.1, 0.15) is 0 Å². The van der Waals surface area contributed by atoms with Crippen LogP contribution < -0.4 is 16.0 Å². The number of amides is 3. The van der Waals surface area contributed by atoms with Crippen LogP contribution in [-0.4, -0.2) is 47.6 Å². The van der Waals surface area contributed by atoms with Crippen LogP contribution in [0.25, 0.3) is 0 Å². The van der Waals surface area contributed by atoms with Crippen LogP contribution in [0.4, 0.5) is 4.79 Å². The van der Waals surface area contributed by atoms with Gasteiger partial charge in [0.25, 0.3) is 0 Å². The van der Waals surface area contributed by atoms with Gasteiger partial charge >= 0.3 is 12.0 Å². The van der Waals surface area contributed by atoms with E-state index in [4.69, 9.17) is 5.11 Å². The molecule has 0 spiro atoms. The molecule has 0 fully saturated rings. The number of rotatable bonds is 7. The summed E-state index contributed by atoms with van der Waals surface area (Å²) >= 11 is 1.23. The molecule has 0 unspecified atom stereocenters. The first-order chi connectivity index (χ1) is 9.52. The van der Waals surface area contributed by atoms with Crippen molar-refractivity contribution in [2.45, 2.75) is 13.3 Å². The van der Waals surface area contributed by atoms with E-state index in [1.165, 1.54) is 16.7 Å². The largest absolute Gasteiger partial charge is 0.476 e. The topological polar surface area (TPSA) is 120 Å². The smallest absolute Gasteiger partial charge is 0.355 e. The van der Waals surface area contributed by atoms with Crippen LogP contribution in [0.3, 0.4) is 0 Å². The molecule has 0 aromatic carbocycles. The molecule has 0 saturated carbocycles. The first-order valence-electron chi connectivity index (χ1n) is 5.99. The van der Waals surface area contributed by atoms with Gasteiger partial charge in [-0.25, -0.2) is 14.6 Å². The van der Waals surface area contributed by atoms with E-state index in [0.717, 1.165) is 0 Å². The van der Waals surface area contributed by atoms with E-state index in [1.54, 1.807) is 6.92 Å². The van der Waals surface area contributed by atoms with Gasteiger partial charge in [0.2, 0.25) is 5.91 Å². The number of nitrogens with one attached hydrogen (secondary N) is 3. The Kier molecular flexibility index (Phi) is 6.44. The van der Waals surface area contributed by atoms with Crippen molar-refractivity contribution in [2.75, 3.05) is 19.6 Å². The van der Waals surface area contributed by atoms with Gasteiger partial charge in [-0.3, -0.25) is 4.79 Å². The number of likely N-dealkylation sites (N-methyl/N-ethyl adjacent to an activating group) is 1. The lowest BCUT2D eigenvalue weighted by Crippen LogP contribution is -2.42. The summed E-state index contributed by atoms with van der Waals surface area (Å²) in [5.74, 6) is -1.33. The normalized spacial score (nSPS) is 9.85. The highest BCUT2D eigenvalue weighted by atomic mass is 32.1. The molecule has 0 aliphatic carbocycles. The molecule has 1 aromatic rings. The van der Waals surface area contributed by atoms with Gasteiger partial charge in [-0.1, -0.05) is 0 Å². The number of urea groups is 1. The fraction of sp³-hybridized carbons (Fsp3) is 0.455. The predicted molar refractivity (Wildman–Crippen MR) is 72.9 cm³/mol. The molecule has 4 N–H and O–H groups in total. The average molecular weight is 300 g/mol. The Morgan fingerprint density at radius 3 is 2.65 bits per heavy atom. The highest BCUT2D eigenvalue weighted by molar-refractivity contribution is 7.09. The quantitative estimate of drug-likeness (QED) is 0.556. The summed E-state index contributed by atoms with van der Waals surface area (Å²) in [6.07, 6.45) is 0.437. The minimum absolute atomic E-state index is 0.00527. The maximum Gasteiger partial charge on any atom is 0.355 e. The lowest BCUT2D eigenvalue weighted by Gasteiger charge is -2.06. The van der Waals surface area contributed by atoms with Gasteiger partial charge in [0, 0.05) is 24.9 Å². The second-order valence-electron chi connectivity index (χ2n) is 3.74. The summed E-state index contributed by atoms with van der Waals surface area (Å²) in [6.45, 7) is 2.53. The van der Waals surface area contributed by atoms with Crippen LogP contribution in [0.15, 0.2) is 5.38 Å². The Bertz CT molecular complexity index is 489. The molecule has 1 heterocycles. The number of carboxylic acids is 1. The van der Waals surface area contributed by atoms with E-state index in [0.29, 0.717) is 24.5 Å². The van der Waals surface area contributed by atoms with Crippen LogP contribution in [0.2, 0.25) is 0 Å². The monoisotopic (exact) mass is 300 g/mol. The van der Waals surface area contributed by atoms with Gasteiger partial charge in [-0.15, -0.1) is 11.3 Å². The maximum atomic E-state index is 11.3. The zero-order valence-electron chi connectivity index (χ0n) is 10.9. The van der Waals surface area contributed by atoms with Crippen molar-refractivity contribution >= 4 is 29.2 Å². The summed E-state index contributed by atoms with van der Waals surface area (Å²) in [5.41, 5.74) is 0.00527. The fourth-order valence-electron chi connectivity index (χ4n) is 1.29. The summed E-state index contributed by atoms with van der Waals surface area (Å²) in [5, 5.41) is 18.3. The van der Waals surface area contributed by atoms with E-state index in [9.17, 15) is 14.4 Å². The molecule has 9 heteroatoms. The Labute approximate surface area is 119 Å². The van der Waals surface area contributed by atoms with Gasteiger partial charge < -0.3 is 21.1 Å². The second kappa shape index (κ2) is 8.10. The zero-order chi connectivity index (χ0) is 15.0. The number of thiazole rings is 1. The number of carbonyl (C=O) groups excluding carboxylic acids is 2. The van der Waals surface area contributed by atoms with Crippen molar-refractivity contribution in [3.05, 3.63) is 16.1 Å². The molecule has 0 aliphatic heterocycles. The van der Waals surface area contributed by atoms with Gasteiger partial charge in [0.15, 0.2) is 5.69 Å². The van der Waals surface area contributed by atoms with E-state index < -0.39 is 12.0 Å². The van der Waals surface area contributed by atoms with Crippen molar-refractivity contribution < 1.29 is 19.5 Å². The third kappa shape index (κ3) is 5.65. The first-order valence-corrected chi connectivity index (χ1v) is 6.87. The Balaban J connectivity index is 2.21. The molecule has 0 atom stereocenters. The van der Waals surface area contributed by atoms with Crippen LogP contribution in [0, 0.1) is 0 Å². The molecule has 0 aliphatic rings. The maximum absolute atomic E-state index is 11.3. The zero-order valence-corrected chi connectivity index (χ0v) is 11.7. The number of aromatic carboxylic acids is 1. The number of aromatic nitrogens is 1. The SMILES string of the molecule is CCNC(=O)CNC(=O)NCCc1nc(C(=O)O)cs1. The lowest BCUT2D eigenvalue weighted by molar-refractivity contribution is -0.119. The number of carbonyl (C=O) groups is 3. The van der Waals surface area contributed by atoms with Crippen molar-refractivity contribution in [3.8, 4) is 0 Å². The molecule has 110 valence electrons. The number of hydrogen-bond acceptors (Lipinski definition) is 5. The Hall–Kier alpha value is -2.16. The van der Waals surface area contributed by atoms with Crippen LogP contribution in [0.5, 0.6) is 0 Å². The molecule has 1 rings (SSSR count). The van der Waals surface area contributed by atoms with Gasteiger partial charge in [0.05, 0.1) is 11.6 Å². The van der Waals surface area contributed by atoms with Gasteiger partial charge in [-0.2, -0.15) is 0 Å². The number of hydrogen-bond donors (Lipinski definition) is 4. The molecule has 0 bridgehead atoms. The summed E-state index contributed by atoms with van der Waals surface area (Å²) < 4.78 is 0. The molecule has 20 heavy (non-hydrogen) atoms. The highest BCUT2D eigenvalue weighted by Crippen LogP contribution is 2.09. The van der Waals surface area contributed by atoms with Crippen molar-refractivity contribution in [3.63, 3.8) is 0 Å². The van der Waals surface area contributed by atoms with E-state index in [2.05, 4.69) is 20.9 Å². The average Bonchev–Trinajstić information content (AvgIpc) is 2.86. The second-order valence-corrected chi connectivity index (χ2v) is 4.69. The minimum atomic E-state index is -1.07. The molecule has 1 aromatic heterocycles. The standard InChI is InChI=1S/C11H16N4O4S/c1-2-12-8(16)5-14-11(19)13-4-3-9-15-7(6-20-9)10(17)18/h6H,2-5H2,1H3,(H,12,16)(H,17,18)(H2,13,14,19). The molecule has 3 amide bonds. The third-order valence-corrected chi connectivity index (χ3v) is 3.09. The number of nitrogens with zero attached hydrogens (tertiary/aromatic N) is 1. The molecular formula is C11H16N4O4S. The summed E-state index contributed by atoms with van der Waals surface area (Å²) in [7, 11) is 0. The predicted octanol–water partition coefficient (Wildman–Crippen LogP) is -0.181. The van der Waals surface area contributed by atoms with Crippen molar-refractivity contribution in [1.82, 2.24) is 20.9 Å². The van der Waals surface area contributed by atoms with Crippen LogP contribution >= 0.6 is 11.3 Å². The van der Waals surface area contributed by atoms with Crippen LogP contribution in [-0.2, 0) is 11.2 Å². The minimum Gasteiger partial charge on any atom is -0.476 e. The molecular weight excluding hydrogens is 284 g/mol. The molecule has 8 nitrogen and oxygen atoms in total. The third-order valence-electron chi connectivity index (χ3n) is 2.18. The van der Waals surface area contributed by atoms with Crippen molar-refractivity contribution in [2.24, 2.45) is 0 Å². The summed E-state index contributed by atoms with van der Waals surface area (Å²) in [6, 6.07) is -0.453. The van der Waals surface area contributed by atoms with E-state index >= 15 is 0 Å². The molecule has 0 saturated heterocycles. The van der Waals surface area contributed by atoms with E-state index in [1.807, 2.05) is 0 Å². The first kappa shape index (κ1) is 15.9. The Morgan fingerprint density at radius 2 is 2.05 bits per heavy atom.